The number of carbonyl (C=O) groups excluding carboxylic acids is 2. The lowest BCUT2D eigenvalue weighted by molar-refractivity contribution is -0.135. The summed E-state index contributed by atoms with van der Waals surface area (Å²) in [7, 11) is 1.39. The molecule has 0 saturated heterocycles. The molecule has 0 bridgehead atoms. The van der Waals surface area contributed by atoms with Crippen molar-refractivity contribution in [1.29, 1.82) is 0 Å². The summed E-state index contributed by atoms with van der Waals surface area (Å²) in [6.45, 7) is -0.426. The second kappa shape index (κ2) is 8.95. The van der Waals surface area contributed by atoms with Crippen LogP contribution in [0.25, 0.3) is 0 Å². The Morgan fingerprint density at radius 3 is 2.68 bits per heavy atom. The molecule has 1 aliphatic rings. The van der Waals surface area contributed by atoms with Gasteiger partial charge in [-0.3, -0.25) is 9.59 Å². The van der Waals surface area contributed by atoms with Crippen LogP contribution in [-0.4, -0.2) is 42.8 Å². The van der Waals surface area contributed by atoms with Crippen molar-refractivity contribution in [3.63, 3.8) is 0 Å². The number of hydrogen-bond acceptors (Lipinski definition) is 4. The quantitative estimate of drug-likeness (QED) is 0.806. The first-order valence-electron chi connectivity index (χ1n) is 8.65. The lowest BCUT2D eigenvalue weighted by Gasteiger charge is -2.22. The third kappa shape index (κ3) is 4.37. The lowest BCUT2D eigenvalue weighted by Crippen LogP contribution is -2.39. The van der Waals surface area contributed by atoms with Crippen molar-refractivity contribution in [2.45, 2.75) is 12.5 Å². The van der Waals surface area contributed by atoms with Gasteiger partial charge < -0.3 is 10.1 Å². The topological polar surface area (TPSA) is 71.0 Å². The molecule has 0 aliphatic carbocycles. The van der Waals surface area contributed by atoms with Gasteiger partial charge in [0.05, 0.1) is 18.3 Å². The Bertz CT molecular complexity index is 919. The van der Waals surface area contributed by atoms with Crippen molar-refractivity contribution in [3.05, 3.63) is 70.5 Å². The van der Waals surface area contributed by atoms with Gasteiger partial charge in [-0.25, -0.2) is 9.40 Å². The molecular formula is C20H19ClFN3O3. The Morgan fingerprint density at radius 1 is 1.25 bits per heavy atom. The zero-order valence-corrected chi connectivity index (χ0v) is 15.9. The maximum absolute atomic E-state index is 14.4. The molecule has 1 aliphatic heterocycles. The van der Waals surface area contributed by atoms with Crippen LogP contribution < -0.4 is 5.32 Å². The Morgan fingerprint density at radius 2 is 1.96 bits per heavy atom. The van der Waals surface area contributed by atoms with Crippen molar-refractivity contribution in [3.8, 4) is 0 Å². The summed E-state index contributed by atoms with van der Waals surface area (Å²) in [5.41, 5.74) is 1.62. The van der Waals surface area contributed by atoms with E-state index in [4.69, 9.17) is 16.3 Å². The molecule has 0 fully saturated rings. The van der Waals surface area contributed by atoms with E-state index in [9.17, 15) is 14.0 Å². The largest absolute Gasteiger partial charge is 0.375 e. The SMILES string of the molecule is COCC(=O)NCC(=O)N1N=C(c2ccccc2Cl)CC1c1ccccc1F. The van der Waals surface area contributed by atoms with Gasteiger partial charge in [0, 0.05) is 29.7 Å². The van der Waals surface area contributed by atoms with Gasteiger partial charge in [-0.15, -0.1) is 0 Å². The first-order valence-corrected chi connectivity index (χ1v) is 9.03. The molecule has 2 aromatic rings. The van der Waals surface area contributed by atoms with Crippen molar-refractivity contribution in [1.82, 2.24) is 10.3 Å². The van der Waals surface area contributed by atoms with E-state index in [-0.39, 0.29) is 13.2 Å². The number of nitrogens with one attached hydrogen (secondary N) is 1. The van der Waals surface area contributed by atoms with E-state index in [2.05, 4.69) is 10.4 Å². The number of ether oxygens (including phenoxy) is 1. The molecule has 146 valence electrons. The molecule has 28 heavy (non-hydrogen) atoms. The van der Waals surface area contributed by atoms with Crippen LogP contribution >= 0.6 is 11.6 Å². The number of amides is 2. The molecule has 0 aromatic heterocycles. The third-order valence-corrected chi connectivity index (χ3v) is 4.66. The van der Waals surface area contributed by atoms with E-state index in [1.807, 2.05) is 6.07 Å². The van der Waals surface area contributed by atoms with Crippen LogP contribution in [0.2, 0.25) is 5.02 Å². The average molecular weight is 404 g/mol. The van der Waals surface area contributed by atoms with Crippen molar-refractivity contribution in [2.75, 3.05) is 20.3 Å². The number of benzene rings is 2. The highest BCUT2D eigenvalue weighted by Gasteiger charge is 2.35. The van der Waals surface area contributed by atoms with Crippen LogP contribution in [0.1, 0.15) is 23.6 Å². The second-order valence-electron chi connectivity index (χ2n) is 6.22. The van der Waals surface area contributed by atoms with Gasteiger partial charge in [0.25, 0.3) is 5.91 Å². The normalized spacial score (nSPS) is 16.0. The smallest absolute Gasteiger partial charge is 0.262 e. The van der Waals surface area contributed by atoms with Gasteiger partial charge in [0.1, 0.15) is 12.4 Å². The molecule has 3 rings (SSSR count). The number of carbonyl (C=O) groups is 2. The van der Waals surface area contributed by atoms with Crippen molar-refractivity contribution in [2.24, 2.45) is 5.10 Å². The molecule has 1 unspecified atom stereocenters. The molecule has 0 spiro atoms. The molecule has 1 heterocycles. The van der Waals surface area contributed by atoms with Gasteiger partial charge in [-0.05, 0) is 12.1 Å². The third-order valence-electron chi connectivity index (χ3n) is 4.33. The first-order chi connectivity index (χ1) is 13.5. The van der Waals surface area contributed by atoms with E-state index >= 15 is 0 Å². The van der Waals surface area contributed by atoms with Crippen LogP contribution in [-0.2, 0) is 14.3 Å². The van der Waals surface area contributed by atoms with E-state index < -0.39 is 23.7 Å². The fourth-order valence-corrected chi connectivity index (χ4v) is 3.27. The fourth-order valence-electron chi connectivity index (χ4n) is 3.02. The Balaban J connectivity index is 1.89. The minimum Gasteiger partial charge on any atom is -0.375 e. The number of rotatable bonds is 6. The van der Waals surface area contributed by atoms with Gasteiger partial charge in [-0.1, -0.05) is 48.0 Å². The molecule has 8 heteroatoms. The van der Waals surface area contributed by atoms with Gasteiger partial charge in [0.2, 0.25) is 5.91 Å². The highest BCUT2D eigenvalue weighted by molar-refractivity contribution is 6.34. The summed E-state index contributed by atoms with van der Waals surface area (Å²) >= 11 is 6.26. The average Bonchev–Trinajstić information content (AvgIpc) is 3.12. The number of hydrazone groups is 1. The Labute approximate surface area is 166 Å². The van der Waals surface area contributed by atoms with E-state index in [1.54, 1.807) is 36.4 Å². The van der Waals surface area contributed by atoms with Crippen LogP contribution in [0.3, 0.4) is 0 Å². The van der Waals surface area contributed by atoms with E-state index in [0.29, 0.717) is 28.3 Å². The maximum Gasteiger partial charge on any atom is 0.262 e. The molecule has 0 saturated carbocycles. The van der Waals surface area contributed by atoms with E-state index in [1.165, 1.54) is 18.2 Å². The molecule has 6 nitrogen and oxygen atoms in total. The minimum absolute atomic E-state index is 0.155. The van der Waals surface area contributed by atoms with Gasteiger partial charge in [-0.2, -0.15) is 5.10 Å². The molecule has 1 N–H and O–H groups in total. The molecule has 2 aromatic carbocycles. The number of hydrogen-bond donors (Lipinski definition) is 1. The number of methoxy groups -OCH3 is 1. The van der Waals surface area contributed by atoms with Crippen molar-refractivity contribution >= 4 is 29.1 Å². The molecular weight excluding hydrogens is 385 g/mol. The zero-order valence-electron chi connectivity index (χ0n) is 15.2. The summed E-state index contributed by atoms with van der Waals surface area (Å²) in [5, 5.41) is 8.59. The van der Waals surface area contributed by atoms with Crippen molar-refractivity contribution < 1.29 is 18.7 Å². The Kier molecular flexibility index (Phi) is 6.38. The van der Waals surface area contributed by atoms with Crippen LogP contribution in [0.4, 0.5) is 4.39 Å². The highest BCUT2D eigenvalue weighted by atomic mass is 35.5. The number of halogens is 2. The lowest BCUT2D eigenvalue weighted by atomic mass is 9.98. The predicted molar refractivity (Wildman–Crippen MR) is 103 cm³/mol. The highest BCUT2D eigenvalue weighted by Crippen LogP contribution is 2.35. The van der Waals surface area contributed by atoms with Crippen LogP contribution in [0.15, 0.2) is 53.6 Å². The monoisotopic (exact) mass is 403 g/mol. The summed E-state index contributed by atoms with van der Waals surface area (Å²) in [6.07, 6.45) is 0.308. The molecule has 0 radical (unpaired) electrons. The zero-order chi connectivity index (χ0) is 20.1. The van der Waals surface area contributed by atoms with Crippen LogP contribution in [0, 0.1) is 5.82 Å². The summed E-state index contributed by atoms with van der Waals surface area (Å²) < 4.78 is 19.1. The second-order valence-corrected chi connectivity index (χ2v) is 6.62. The Hall–Kier alpha value is -2.77. The summed E-state index contributed by atoms with van der Waals surface area (Å²) in [4.78, 5) is 24.3. The fraction of sp³-hybridized carbons (Fsp3) is 0.250. The van der Waals surface area contributed by atoms with Gasteiger partial charge in [0.15, 0.2) is 0 Å². The maximum atomic E-state index is 14.4. The summed E-state index contributed by atoms with van der Waals surface area (Å²) in [5.74, 6) is -1.31. The predicted octanol–water partition coefficient (Wildman–Crippen LogP) is 2.92. The van der Waals surface area contributed by atoms with Crippen LogP contribution in [0.5, 0.6) is 0 Å². The van der Waals surface area contributed by atoms with Gasteiger partial charge >= 0.3 is 0 Å². The first kappa shape index (κ1) is 20.0. The summed E-state index contributed by atoms with van der Waals surface area (Å²) in [6, 6.07) is 12.8. The number of nitrogens with zero attached hydrogens (tertiary/aromatic N) is 2. The van der Waals surface area contributed by atoms with E-state index in [0.717, 1.165) is 0 Å². The molecule has 2 amide bonds. The minimum atomic E-state index is -0.626. The standard InChI is InChI=1S/C20H19ClFN3O3/c1-28-12-19(26)23-11-20(27)25-18(14-7-3-5-9-16(14)22)10-17(24-25)13-6-2-4-8-15(13)21/h2-9,18H,10-12H2,1H3,(H,23,26). The molecule has 1 atom stereocenters.